The van der Waals surface area contributed by atoms with Gasteiger partial charge in [0.25, 0.3) is 0 Å². The second-order valence-electron chi connectivity index (χ2n) is 8.45. The molecule has 0 atom stereocenters. The largest absolute Gasteiger partial charge is 0.488 e. The number of primary amides is 1. The molecule has 1 aliphatic rings. The molecule has 172 valence electrons. The van der Waals surface area contributed by atoms with Gasteiger partial charge < -0.3 is 31.0 Å². The molecule has 1 aliphatic heterocycles. The van der Waals surface area contributed by atoms with E-state index < -0.39 is 13.0 Å². The van der Waals surface area contributed by atoms with Gasteiger partial charge in [0.15, 0.2) is 5.82 Å². The van der Waals surface area contributed by atoms with E-state index in [4.69, 9.17) is 15.7 Å². The number of anilines is 2. The predicted octanol–water partition coefficient (Wildman–Crippen LogP) is 1.38. The highest BCUT2D eigenvalue weighted by Crippen LogP contribution is 2.34. The van der Waals surface area contributed by atoms with Crippen LogP contribution in [0, 0.1) is 0 Å². The van der Waals surface area contributed by atoms with Crippen molar-refractivity contribution in [2.45, 2.75) is 19.4 Å². The van der Waals surface area contributed by atoms with Crippen molar-refractivity contribution >= 4 is 40.9 Å². The van der Waals surface area contributed by atoms with Crippen LogP contribution < -0.4 is 21.8 Å². The minimum absolute atomic E-state index is 0.437. The molecule has 3 heterocycles. The van der Waals surface area contributed by atoms with Gasteiger partial charge in [-0.1, -0.05) is 36.4 Å². The Hall–Kier alpha value is -3.89. The van der Waals surface area contributed by atoms with Gasteiger partial charge in [-0.05, 0) is 29.9 Å². The van der Waals surface area contributed by atoms with Crippen LogP contribution in [0.25, 0.3) is 22.3 Å². The molecule has 0 aliphatic carbocycles. The van der Waals surface area contributed by atoms with Crippen molar-refractivity contribution in [3.63, 3.8) is 0 Å². The van der Waals surface area contributed by atoms with Gasteiger partial charge in [-0.25, -0.2) is 9.97 Å². The number of amides is 1. The molecule has 34 heavy (non-hydrogen) atoms. The number of hydrogen-bond acceptors (Lipinski definition) is 7. The molecule has 2 aromatic carbocycles. The molecule has 0 saturated carbocycles. The standard InChI is InChI=1S/C24H25BN6O3/c1-31-13-19-16(7-3-8-17(19)21(26)32)20(31)24-29-22-18(9-4-10-27-22)23(30-24)28-12-14-5-2-6-15(11-14)25(33)34/h2-3,5-8,11,13,33-34H,4,9-10,12H2,1H3,(H2,26,32)(H2,27,28,29,30). The number of rotatable bonds is 6. The topological polar surface area (TPSA) is 138 Å². The van der Waals surface area contributed by atoms with Gasteiger partial charge >= 0.3 is 7.12 Å². The summed E-state index contributed by atoms with van der Waals surface area (Å²) >= 11 is 0. The third kappa shape index (κ3) is 3.97. The van der Waals surface area contributed by atoms with E-state index in [-0.39, 0.29) is 0 Å². The van der Waals surface area contributed by atoms with E-state index in [1.165, 1.54) is 0 Å². The Labute approximate surface area is 196 Å². The monoisotopic (exact) mass is 456 g/mol. The number of nitrogens with two attached hydrogens (primary N) is 1. The lowest BCUT2D eigenvalue weighted by atomic mass is 9.79. The Morgan fingerprint density at radius 2 is 2.03 bits per heavy atom. The average molecular weight is 456 g/mol. The van der Waals surface area contributed by atoms with Crippen molar-refractivity contribution in [2.75, 3.05) is 17.2 Å². The SMILES string of the molecule is Cn1cc2c(C(N)=O)cccc2c1-c1nc2c(c(NCc3cccc(B(O)O)c3)n1)CCCN2. The van der Waals surface area contributed by atoms with Crippen LogP contribution in [0.4, 0.5) is 11.6 Å². The molecule has 4 aromatic rings. The lowest BCUT2D eigenvalue weighted by Gasteiger charge is -2.21. The van der Waals surface area contributed by atoms with Crippen LogP contribution in [-0.4, -0.2) is 44.2 Å². The number of benzene rings is 2. The number of aryl methyl sites for hydroxylation is 1. The van der Waals surface area contributed by atoms with E-state index in [1.807, 2.05) is 36.0 Å². The normalized spacial score (nSPS) is 12.8. The fraction of sp³-hybridized carbons (Fsp3) is 0.208. The number of nitrogens with zero attached hydrogens (tertiary/aromatic N) is 3. The van der Waals surface area contributed by atoms with Crippen molar-refractivity contribution in [2.24, 2.45) is 12.8 Å². The lowest BCUT2D eigenvalue weighted by molar-refractivity contribution is 0.100. The first-order valence-electron chi connectivity index (χ1n) is 11.1. The predicted molar refractivity (Wildman–Crippen MR) is 133 cm³/mol. The van der Waals surface area contributed by atoms with Crippen LogP contribution in [0.15, 0.2) is 48.7 Å². The third-order valence-electron chi connectivity index (χ3n) is 6.13. The Morgan fingerprint density at radius 3 is 2.82 bits per heavy atom. The molecule has 6 N–H and O–H groups in total. The Balaban J connectivity index is 1.57. The van der Waals surface area contributed by atoms with Gasteiger partial charge in [0.1, 0.15) is 11.6 Å². The van der Waals surface area contributed by atoms with Gasteiger partial charge in [-0.2, -0.15) is 0 Å². The summed E-state index contributed by atoms with van der Waals surface area (Å²) in [7, 11) is 0.383. The second-order valence-corrected chi connectivity index (χ2v) is 8.45. The summed E-state index contributed by atoms with van der Waals surface area (Å²) in [5.41, 5.74) is 9.19. The molecule has 0 spiro atoms. The minimum Gasteiger partial charge on any atom is -0.423 e. The lowest BCUT2D eigenvalue weighted by Crippen LogP contribution is -2.30. The Bertz CT molecular complexity index is 1400. The molecule has 1 amide bonds. The molecule has 10 heteroatoms. The third-order valence-corrected chi connectivity index (χ3v) is 6.13. The summed E-state index contributed by atoms with van der Waals surface area (Å²) in [6.45, 7) is 1.29. The summed E-state index contributed by atoms with van der Waals surface area (Å²) < 4.78 is 1.91. The molecule has 0 fully saturated rings. The fourth-order valence-corrected chi connectivity index (χ4v) is 4.49. The summed E-state index contributed by atoms with van der Waals surface area (Å²) in [6.07, 6.45) is 3.70. The van der Waals surface area contributed by atoms with Crippen molar-refractivity contribution in [3.05, 3.63) is 65.4 Å². The average Bonchev–Trinajstić information content (AvgIpc) is 3.18. The molecule has 9 nitrogen and oxygen atoms in total. The van der Waals surface area contributed by atoms with Crippen molar-refractivity contribution < 1.29 is 14.8 Å². The van der Waals surface area contributed by atoms with Crippen LogP contribution >= 0.6 is 0 Å². The Morgan fingerprint density at radius 1 is 1.21 bits per heavy atom. The first-order valence-corrected chi connectivity index (χ1v) is 11.1. The van der Waals surface area contributed by atoms with E-state index in [9.17, 15) is 14.8 Å². The first kappa shape index (κ1) is 21.9. The zero-order valence-electron chi connectivity index (χ0n) is 18.7. The number of hydrogen-bond donors (Lipinski definition) is 5. The first-order chi connectivity index (χ1) is 16.4. The van der Waals surface area contributed by atoms with Crippen LogP contribution in [0.5, 0.6) is 0 Å². The van der Waals surface area contributed by atoms with Gasteiger partial charge in [0.05, 0.1) is 5.69 Å². The van der Waals surface area contributed by atoms with Crippen LogP contribution in [0.1, 0.15) is 27.9 Å². The minimum atomic E-state index is -1.52. The molecule has 0 unspecified atom stereocenters. The maximum atomic E-state index is 11.9. The van der Waals surface area contributed by atoms with Gasteiger partial charge in [-0.15, -0.1) is 0 Å². The molecule has 0 saturated heterocycles. The molecular weight excluding hydrogens is 431 g/mol. The Kier molecular flexibility index (Phi) is 5.68. The second kappa shape index (κ2) is 8.81. The van der Waals surface area contributed by atoms with Gasteiger partial charge in [0.2, 0.25) is 5.91 Å². The number of fused-ring (bicyclic) bond motifs is 2. The summed E-state index contributed by atoms with van der Waals surface area (Å²) in [5, 5.41) is 27.4. The van der Waals surface area contributed by atoms with Crippen LogP contribution in [0.2, 0.25) is 0 Å². The van der Waals surface area contributed by atoms with E-state index in [0.717, 1.165) is 58.6 Å². The van der Waals surface area contributed by atoms with E-state index in [0.29, 0.717) is 23.4 Å². The maximum absolute atomic E-state index is 11.9. The summed E-state index contributed by atoms with van der Waals surface area (Å²) in [5.74, 6) is 1.57. The zero-order valence-corrected chi connectivity index (χ0v) is 18.7. The highest BCUT2D eigenvalue weighted by Gasteiger charge is 2.22. The highest BCUT2D eigenvalue weighted by molar-refractivity contribution is 6.58. The van der Waals surface area contributed by atoms with Crippen molar-refractivity contribution in [1.82, 2.24) is 14.5 Å². The quantitative estimate of drug-likeness (QED) is 0.277. The molecule has 2 aromatic heterocycles. The smallest absolute Gasteiger partial charge is 0.423 e. The number of nitrogens with one attached hydrogen (secondary N) is 2. The highest BCUT2D eigenvalue weighted by atomic mass is 16.4. The van der Waals surface area contributed by atoms with E-state index in [2.05, 4.69) is 10.6 Å². The van der Waals surface area contributed by atoms with Crippen LogP contribution in [0.3, 0.4) is 0 Å². The maximum Gasteiger partial charge on any atom is 0.488 e. The summed E-state index contributed by atoms with van der Waals surface area (Å²) in [4.78, 5) is 21.7. The van der Waals surface area contributed by atoms with E-state index >= 15 is 0 Å². The molecule has 0 radical (unpaired) electrons. The molecular formula is C24H25BN6O3. The molecule has 0 bridgehead atoms. The number of carbonyl (C=O) groups is 1. The van der Waals surface area contributed by atoms with Crippen molar-refractivity contribution in [3.8, 4) is 11.5 Å². The van der Waals surface area contributed by atoms with Gasteiger partial charge in [0, 0.05) is 48.2 Å². The van der Waals surface area contributed by atoms with E-state index in [1.54, 1.807) is 24.3 Å². The number of carbonyl (C=O) groups excluding carboxylic acids is 1. The number of aromatic nitrogens is 3. The van der Waals surface area contributed by atoms with Crippen molar-refractivity contribution in [1.29, 1.82) is 0 Å². The van der Waals surface area contributed by atoms with Crippen LogP contribution in [-0.2, 0) is 20.0 Å². The molecule has 5 rings (SSSR count). The zero-order chi connectivity index (χ0) is 23.8. The van der Waals surface area contributed by atoms with Gasteiger partial charge in [-0.3, -0.25) is 4.79 Å². The fourth-order valence-electron chi connectivity index (χ4n) is 4.49. The summed E-state index contributed by atoms with van der Waals surface area (Å²) in [6, 6.07) is 12.6.